The Morgan fingerprint density at radius 2 is 1.38 bits per heavy atom. The lowest BCUT2D eigenvalue weighted by molar-refractivity contribution is 0.0696. The summed E-state index contributed by atoms with van der Waals surface area (Å²) in [4.78, 5) is 23.0. The number of hydrogen-bond acceptors (Lipinski definition) is 3. The summed E-state index contributed by atoms with van der Waals surface area (Å²) in [5, 5.41) is 8.87. The molecule has 0 atom stereocenters. The van der Waals surface area contributed by atoms with E-state index < -0.39 is 11.9 Å². The van der Waals surface area contributed by atoms with Crippen molar-refractivity contribution < 1.29 is 19.4 Å². The maximum absolute atomic E-state index is 12.2. The number of hydrogen-bond donors (Lipinski definition) is 1. The topological polar surface area (TPSA) is 63.6 Å². The predicted octanol–water partition coefficient (Wildman–Crippen LogP) is 5.51. The molecule has 0 aliphatic heterocycles. The SMILES string of the molecule is CCCCCCCCc1ccc(C(=O)Oc2ccc(C(=O)O)cc2)cc1. The van der Waals surface area contributed by atoms with E-state index in [-0.39, 0.29) is 5.56 Å². The Morgan fingerprint density at radius 3 is 2.00 bits per heavy atom. The summed E-state index contributed by atoms with van der Waals surface area (Å²) in [6.45, 7) is 2.22. The summed E-state index contributed by atoms with van der Waals surface area (Å²) in [5.41, 5.74) is 1.87. The van der Waals surface area contributed by atoms with Gasteiger partial charge in [-0.2, -0.15) is 0 Å². The van der Waals surface area contributed by atoms with Crippen molar-refractivity contribution in [1.82, 2.24) is 0 Å². The smallest absolute Gasteiger partial charge is 0.343 e. The maximum atomic E-state index is 12.2. The zero-order valence-electron chi connectivity index (χ0n) is 15.2. The highest BCUT2D eigenvalue weighted by molar-refractivity contribution is 5.91. The highest BCUT2D eigenvalue weighted by Crippen LogP contribution is 2.16. The van der Waals surface area contributed by atoms with Crippen LogP contribution in [0.15, 0.2) is 48.5 Å². The first-order valence-electron chi connectivity index (χ1n) is 9.24. The van der Waals surface area contributed by atoms with E-state index in [9.17, 15) is 9.59 Å². The molecule has 0 aliphatic carbocycles. The van der Waals surface area contributed by atoms with E-state index in [0.717, 1.165) is 6.42 Å². The monoisotopic (exact) mass is 354 g/mol. The van der Waals surface area contributed by atoms with Gasteiger partial charge in [-0.1, -0.05) is 51.2 Å². The summed E-state index contributed by atoms with van der Waals surface area (Å²) in [7, 11) is 0. The molecular weight excluding hydrogens is 328 g/mol. The number of carboxylic acid groups (broad SMARTS) is 1. The van der Waals surface area contributed by atoms with Crippen LogP contribution in [-0.2, 0) is 6.42 Å². The fourth-order valence-corrected chi connectivity index (χ4v) is 2.75. The number of rotatable bonds is 10. The third kappa shape index (κ3) is 6.36. The van der Waals surface area contributed by atoms with Gasteiger partial charge >= 0.3 is 11.9 Å². The van der Waals surface area contributed by atoms with E-state index in [0.29, 0.717) is 11.3 Å². The second-order valence-electron chi connectivity index (χ2n) is 6.43. The summed E-state index contributed by atoms with van der Waals surface area (Å²) < 4.78 is 5.28. The molecule has 0 heterocycles. The summed E-state index contributed by atoms with van der Waals surface area (Å²) in [6, 6.07) is 13.3. The van der Waals surface area contributed by atoms with Gasteiger partial charge in [0, 0.05) is 0 Å². The van der Waals surface area contributed by atoms with Crippen molar-refractivity contribution in [3.63, 3.8) is 0 Å². The van der Waals surface area contributed by atoms with Crippen LogP contribution >= 0.6 is 0 Å². The molecule has 0 saturated carbocycles. The molecule has 0 radical (unpaired) electrons. The minimum absolute atomic E-state index is 0.156. The summed E-state index contributed by atoms with van der Waals surface area (Å²) >= 11 is 0. The van der Waals surface area contributed by atoms with Gasteiger partial charge in [0.1, 0.15) is 5.75 Å². The first-order valence-corrected chi connectivity index (χ1v) is 9.24. The number of carboxylic acids is 1. The van der Waals surface area contributed by atoms with Crippen molar-refractivity contribution in [1.29, 1.82) is 0 Å². The largest absolute Gasteiger partial charge is 0.478 e. The molecule has 0 aromatic heterocycles. The van der Waals surface area contributed by atoms with Gasteiger partial charge in [-0.15, -0.1) is 0 Å². The molecule has 0 amide bonds. The predicted molar refractivity (Wildman–Crippen MR) is 102 cm³/mol. The van der Waals surface area contributed by atoms with Crippen LogP contribution in [-0.4, -0.2) is 17.0 Å². The average Bonchev–Trinajstić information content (AvgIpc) is 2.65. The Kier molecular flexibility index (Phi) is 7.87. The zero-order valence-corrected chi connectivity index (χ0v) is 15.2. The fraction of sp³-hybridized carbons (Fsp3) is 0.364. The second kappa shape index (κ2) is 10.4. The molecule has 2 aromatic rings. The maximum Gasteiger partial charge on any atom is 0.343 e. The number of carbonyl (C=O) groups is 2. The van der Waals surface area contributed by atoms with Crippen molar-refractivity contribution >= 4 is 11.9 Å². The van der Waals surface area contributed by atoms with Gasteiger partial charge in [0.05, 0.1) is 11.1 Å². The van der Waals surface area contributed by atoms with Crippen molar-refractivity contribution in [2.45, 2.75) is 51.9 Å². The number of ether oxygens (including phenoxy) is 1. The first-order chi connectivity index (χ1) is 12.6. The number of carbonyl (C=O) groups excluding carboxylic acids is 1. The number of esters is 1. The van der Waals surface area contributed by atoms with Gasteiger partial charge < -0.3 is 9.84 Å². The number of aromatic carboxylic acids is 1. The number of aryl methyl sites for hydroxylation is 1. The van der Waals surface area contributed by atoms with Crippen LogP contribution in [0.1, 0.15) is 71.7 Å². The third-order valence-electron chi connectivity index (χ3n) is 4.32. The Bertz CT molecular complexity index is 702. The van der Waals surface area contributed by atoms with E-state index in [1.165, 1.54) is 68.4 Å². The molecule has 138 valence electrons. The van der Waals surface area contributed by atoms with Crippen molar-refractivity contribution in [3.8, 4) is 5.75 Å². The molecule has 0 saturated heterocycles. The minimum Gasteiger partial charge on any atom is -0.478 e. The normalized spacial score (nSPS) is 10.5. The summed E-state index contributed by atoms with van der Waals surface area (Å²) in [6.07, 6.45) is 8.63. The van der Waals surface area contributed by atoms with Crippen LogP contribution in [0.4, 0.5) is 0 Å². The zero-order chi connectivity index (χ0) is 18.8. The minimum atomic E-state index is -1.01. The third-order valence-corrected chi connectivity index (χ3v) is 4.32. The Morgan fingerprint density at radius 1 is 0.808 bits per heavy atom. The molecular formula is C22H26O4. The molecule has 0 aliphatic rings. The number of benzene rings is 2. The Labute approximate surface area is 154 Å². The van der Waals surface area contributed by atoms with Crippen LogP contribution in [0.25, 0.3) is 0 Å². The average molecular weight is 354 g/mol. The van der Waals surface area contributed by atoms with Crippen LogP contribution in [0.3, 0.4) is 0 Å². The lowest BCUT2D eigenvalue weighted by Crippen LogP contribution is -2.08. The van der Waals surface area contributed by atoms with E-state index >= 15 is 0 Å². The highest BCUT2D eigenvalue weighted by atomic mass is 16.5. The van der Waals surface area contributed by atoms with Crippen molar-refractivity contribution in [2.24, 2.45) is 0 Å². The quantitative estimate of drug-likeness (QED) is 0.347. The molecule has 26 heavy (non-hydrogen) atoms. The molecule has 2 rings (SSSR count). The fourth-order valence-electron chi connectivity index (χ4n) is 2.75. The molecule has 4 heteroatoms. The standard InChI is InChI=1S/C22H26O4/c1-2-3-4-5-6-7-8-17-9-11-19(12-10-17)22(25)26-20-15-13-18(14-16-20)21(23)24/h9-16H,2-8H2,1H3,(H,23,24). The summed E-state index contributed by atoms with van der Waals surface area (Å²) in [5.74, 6) is -1.13. The van der Waals surface area contributed by atoms with Crippen LogP contribution < -0.4 is 4.74 Å². The molecule has 0 bridgehead atoms. The lowest BCUT2D eigenvalue weighted by Gasteiger charge is -2.06. The first kappa shape index (κ1) is 19.7. The molecule has 2 aromatic carbocycles. The molecule has 0 spiro atoms. The van der Waals surface area contributed by atoms with Crippen LogP contribution in [0.5, 0.6) is 5.75 Å². The van der Waals surface area contributed by atoms with Gasteiger partial charge in [0.25, 0.3) is 0 Å². The van der Waals surface area contributed by atoms with Crippen LogP contribution in [0, 0.1) is 0 Å². The molecule has 1 N–H and O–H groups in total. The van der Waals surface area contributed by atoms with Crippen molar-refractivity contribution in [3.05, 3.63) is 65.2 Å². The van der Waals surface area contributed by atoms with Crippen LogP contribution in [0.2, 0.25) is 0 Å². The van der Waals surface area contributed by atoms with Gasteiger partial charge in [-0.05, 0) is 54.8 Å². The molecule has 4 nitrogen and oxygen atoms in total. The Hall–Kier alpha value is -2.62. The van der Waals surface area contributed by atoms with E-state index in [1.54, 1.807) is 12.1 Å². The van der Waals surface area contributed by atoms with E-state index in [4.69, 9.17) is 9.84 Å². The van der Waals surface area contributed by atoms with Gasteiger partial charge in [-0.25, -0.2) is 9.59 Å². The number of unbranched alkanes of at least 4 members (excludes halogenated alkanes) is 5. The van der Waals surface area contributed by atoms with Gasteiger partial charge in [0.2, 0.25) is 0 Å². The van der Waals surface area contributed by atoms with Gasteiger partial charge in [0.15, 0.2) is 0 Å². The van der Waals surface area contributed by atoms with E-state index in [1.807, 2.05) is 12.1 Å². The Balaban J connectivity index is 1.81. The van der Waals surface area contributed by atoms with E-state index in [2.05, 4.69) is 6.92 Å². The van der Waals surface area contributed by atoms with Gasteiger partial charge in [-0.3, -0.25) is 0 Å². The molecule has 0 fully saturated rings. The molecule has 0 unspecified atom stereocenters. The van der Waals surface area contributed by atoms with Crippen molar-refractivity contribution in [2.75, 3.05) is 0 Å². The lowest BCUT2D eigenvalue weighted by atomic mass is 10.0. The highest BCUT2D eigenvalue weighted by Gasteiger charge is 2.09. The second-order valence-corrected chi connectivity index (χ2v) is 6.43.